The molecule has 1 aromatic heterocycles. The topological polar surface area (TPSA) is 71.5 Å². The number of nitrogens with zero attached hydrogens (tertiary/aromatic N) is 2. The van der Waals surface area contributed by atoms with Gasteiger partial charge in [0.25, 0.3) is 5.91 Å². The highest BCUT2D eigenvalue weighted by Gasteiger charge is 2.21. The maximum atomic E-state index is 12.4. The molecular formula is C15H21N3O3. The van der Waals surface area contributed by atoms with Crippen LogP contribution in [0.15, 0.2) is 18.3 Å². The van der Waals surface area contributed by atoms with E-state index in [-0.39, 0.29) is 24.3 Å². The van der Waals surface area contributed by atoms with Crippen LogP contribution < -0.4 is 10.2 Å². The summed E-state index contributed by atoms with van der Waals surface area (Å²) in [7, 11) is 1.34. The Bertz CT molecular complexity index is 513. The molecule has 1 aliphatic heterocycles. The lowest BCUT2D eigenvalue weighted by molar-refractivity contribution is -0.141. The summed E-state index contributed by atoms with van der Waals surface area (Å²) in [5.41, 5.74) is 0.552. The number of pyridine rings is 1. The number of ether oxygens (including phenoxy) is 1. The van der Waals surface area contributed by atoms with Crippen molar-refractivity contribution in [2.45, 2.75) is 32.2 Å². The molecule has 114 valence electrons. The Morgan fingerprint density at radius 3 is 2.81 bits per heavy atom. The van der Waals surface area contributed by atoms with Gasteiger partial charge in [-0.1, -0.05) is 0 Å². The highest BCUT2D eigenvalue weighted by atomic mass is 16.5. The molecule has 0 radical (unpaired) electrons. The Labute approximate surface area is 124 Å². The number of nitrogens with one attached hydrogen (secondary N) is 1. The number of aromatic nitrogens is 1. The molecule has 0 aliphatic carbocycles. The van der Waals surface area contributed by atoms with Gasteiger partial charge in [0, 0.05) is 25.3 Å². The molecule has 1 amide bonds. The summed E-state index contributed by atoms with van der Waals surface area (Å²) in [6, 6.07) is 3.23. The minimum Gasteiger partial charge on any atom is -0.469 e. The van der Waals surface area contributed by atoms with Gasteiger partial charge < -0.3 is 15.0 Å². The zero-order valence-electron chi connectivity index (χ0n) is 12.5. The number of methoxy groups -OCH3 is 1. The van der Waals surface area contributed by atoms with Gasteiger partial charge in [-0.3, -0.25) is 9.59 Å². The van der Waals surface area contributed by atoms with Crippen LogP contribution in [0.2, 0.25) is 0 Å². The third-order valence-electron chi connectivity index (χ3n) is 3.51. The standard InChI is InChI=1S/C15H21N3O3/c1-11(10-13(19)21-2)17-15(20)12-6-5-7-16-14(12)18-8-3-4-9-18/h5-7,11H,3-4,8-10H2,1-2H3,(H,17,20). The van der Waals surface area contributed by atoms with Crippen LogP contribution >= 0.6 is 0 Å². The average Bonchev–Trinajstić information content (AvgIpc) is 3.01. The molecule has 1 fully saturated rings. The molecule has 0 saturated carbocycles. The number of hydrogen-bond donors (Lipinski definition) is 1. The first kappa shape index (κ1) is 15.3. The van der Waals surface area contributed by atoms with Crippen molar-refractivity contribution < 1.29 is 14.3 Å². The molecule has 1 saturated heterocycles. The van der Waals surface area contributed by atoms with E-state index >= 15 is 0 Å². The highest BCUT2D eigenvalue weighted by molar-refractivity contribution is 5.99. The van der Waals surface area contributed by atoms with E-state index in [4.69, 9.17) is 0 Å². The van der Waals surface area contributed by atoms with Gasteiger partial charge in [0.05, 0.1) is 19.1 Å². The molecule has 2 heterocycles. The molecule has 0 spiro atoms. The van der Waals surface area contributed by atoms with Crippen molar-refractivity contribution in [2.75, 3.05) is 25.1 Å². The van der Waals surface area contributed by atoms with Gasteiger partial charge in [0.15, 0.2) is 0 Å². The minimum atomic E-state index is -0.339. The van der Waals surface area contributed by atoms with E-state index in [2.05, 4.69) is 19.9 Å². The predicted octanol–water partition coefficient (Wildman–Crippen LogP) is 1.36. The third kappa shape index (κ3) is 3.93. The van der Waals surface area contributed by atoms with Gasteiger partial charge in [-0.2, -0.15) is 0 Å². The Hall–Kier alpha value is -2.11. The Kier molecular flexibility index (Phi) is 5.14. The average molecular weight is 291 g/mol. The van der Waals surface area contributed by atoms with Crippen LogP contribution in [0, 0.1) is 0 Å². The molecule has 1 atom stereocenters. The van der Waals surface area contributed by atoms with Crippen molar-refractivity contribution in [3.05, 3.63) is 23.9 Å². The molecule has 1 aliphatic rings. The van der Waals surface area contributed by atoms with Gasteiger partial charge >= 0.3 is 5.97 Å². The number of anilines is 1. The molecule has 1 unspecified atom stereocenters. The van der Waals surface area contributed by atoms with Crippen molar-refractivity contribution in [2.24, 2.45) is 0 Å². The van der Waals surface area contributed by atoms with E-state index in [1.807, 2.05) is 0 Å². The predicted molar refractivity (Wildman–Crippen MR) is 79.2 cm³/mol. The number of esters is 1. The second-order valence-corrected chi connectivity index (χ2v) is 5.22. The number of carbonyl (C=O) groups is 2. The van der Waals surface area contributed by atoms with Crippen LogP contribution in [-0.4, -0.2) is 43.1 Å². The minimum absolute atomic E-state index is 0.154. The van der Waals surface area contributed by atoms with Gasteiger partial charge in [0.2, 0.25) is 0 Å². The molecule has 1 aromatic rings. The second kappa shape index (κ2) is 7.06. The fourth-order valence-electron chi connectivity index (χ4n) is 2.44. The van der Waals surface area contributed by atoms with Gasteiger partial charge in [0.1, 0.15) is 5.82 Å². The summed E-state index contributed by atoms with van der Waals surface area (Å²) in [5.74, 6) is 0.174. The lowest BCUT2D eigenvalue weighted by Crippen LogP contribution is -2.35. The van der Waals surface area contributed by atoms with Crippen LogP contribution in [0.3, 0.4) is 0 Å². The number of amides is 1. The summed E-state index contributed by atoms with van der Waals surface area (Å²) in [5, 5.41) is 2.82. The lowest BCUT2D eigenvalue weighted by Gasteiger charge is -2.20. The monoisotopic (exact) mass is 291 g/mol. The van der Waals surface area contributed by atoms with Crippen molar-refractivity contribution in [1.29, 1.82) is 0 Å². The fourth-order valence-corrected chi connectivity index (χ4v) is 2.44. The molecule has 1 N–H and O–H groups in total. The Balaban J connectivity index is 2.06. The van der Waals surface area contributed by atoms with Crippen molar-refractivity contribution in [3.63, 3.8) is 0 Å². The number of rotatable bonds is 5. The SMILES string of the molecule is COC(=O)CC(C)NC(=O)c1cccnc1N1CCCC1. The molecule has 21 heavy (non-hydrogen) atoms. The van der Waals surface area contributed by atoms with E-state index in [0.29, 0.717) is 5.56 Å². The summed E-state index contributed by atoms with van der Waals surface area (Å²) < 4.78 is 4.60. The maximum Gasteiger partial charge on any atom is 0.307 e. The number of hydrogen-bond acceptors (Lipinski definition) is 5. The summed E-state index contributed by atoms with van der Waals surface area (Å²) >= 11 is 0. The molecule has 0 aromatic carbocycles. The third-order valence-corrected chi connectivity index (χ3v) is 3.51. The zero-order valence-corrected chi connectivity index (χ0v) is 12.5. The first-order chi connectivity index (χ1) is 10.1. The van der Waals surface area contributed by atoms with E-state index in [1.54, 1.807) is 25.3 Å². The first-order valence-corrected chi connectivity index (χ1v) is 7.19. The van der Waals surface area contributed by atoms with Gasteiger partial charge in [-0.25, -0.2) is 4.98 Å². The quantitative estimate of drug-likeness (QED) is 0.829. The molecule has 2 rings (SSSR count). The van der Waals surface area contributed by atoms with Crippen LogP contribution in [0.25, 0.3) is 0 Å². The van der Waals surface area contributed by atoms with Gasteiger partial charge in [-0.15, -0.1) is 0 Å². The Morgan fingerprint density at radius 1 is 1.43 bits per heavy atom. The maximum absolute atomic E-state index is 12.4. The molecule has 6 heteroatoms. The molecule has 0 bridgehead atoms. The lowest BCUT2D eigenvalue weighted by atomic mass is 10.2. The van der Waals surface area contributed by atoms with Crippen molar-refractivity contribution in [1.82, 2.24) is 10.3 Å². The summed E-state index contributed by atoms with van der Waals surface area (Å²) in [6.45, 7) is 3.63. The van der Waals surface area contributed by atoms with Crippen LogP contribution in [0.1, 0.15) is 36.5 Å². The number of carbonyl (C=O) groups excluding carboxylic acids is 2. The van der Waals surface area contributed by atoms with E-state index in [0.717, 1.165) is 31.7 Å². The van der Waals surface area contributed by atoms with Crippen molar-refractivity contribution >= 4 is 17.7 Å². The van der Waals surface area contributed by atoms with Gasteiger partial charge in [-0.05, 0) is 31.9 Å². The first-order valence-electron chi connectivity index (χ1n) is 7.19. The summed E-state index contributed by atoms with van der Waals surface area (Å²) in [6.07, 6.45) is 4.09. The normalized spacial score (nSPS) is 15.6. The zero-order chi connectivity index (χ0) is 15.2. The van der Waals surface area contributed by atoms with Crippen LogP contribution in [0.4, 0.5) is 5.82 Å². The smallest absolute Gasteiger partial charge is 0.307 e. The second-order valence-electron chi connectivity index (χ2n) is 5.22. The highest BCUT2D eigenvalue weighted by Crippen LogP contribution is 2.21. The molecular weight excluding hydrogens is 270 g/mol. The fraction of sp³-hybridized carbons (Fsp3) is 0.533. The van der Waals surface area contributed by atoms with Crippen molar-refractivity contribution in [3.8, 4) is 0 Å². The van der Waals surface area contributed by atoms with Crippen LogP contribution in [0.5, 0.6) is 0 Å². The van der Waals surface area contributed by atoms with E-state index < -0.39 is 0 Å². The molecule has 6 nitrogen and oxygen atoms in total. The summed E-state index contributed by atoms with van der Waals surface area (Å²) in [4.78, 5) is 30.1. The largest absolute Gasteiger partial charge is 0.469 e. The van der Waals surface area contributed by atoms with E-state index in [1.165, 1.54) is 7.11 Å². The van der Waals surface area contributed by atoms with Crippen LogP contribution in [-0.2, 0) is 9.53 Å². The van der Waals surface area contributed by atoms with E-state index in [9.17, 15) is 9.59 Å². The Morgan fingerprint density at radius 2 is 2.14 bits per heavy atom.